The van der Waals surface area contributed by atoms with E-state index in [-0.39, 0.29) is 29.6 Å². The van der Waals surface area contributed by atoms with E-state index in [1.54, 1.807) is 18.2 Å². The summed E-state index contributed by atoms with van der Waals surface area (Å²) in [6.07, 6.45) is 0. The molecule has 3 rings (SSSR count). The van der Waals surface area contributed by atoms with Gasteiger partial charge in [-0.1, -0.05) is 29.3 Å². The summed E-state index contributed by atoms with van der Waals surface area (Å²) in [7, 11) is -4.07. The first-order valence-electron chi connectivity index (χ1n) is 9.44. The van der Waals surface area contributed by atoms with E-state index in [2.05, 4.69) is 5.32 Å². The Morgan fingerprint density at radius 2 is 1.66 bits per heavy atom. The Bertz CT molecular complexity index is 1170. The van der Waals surface area contributed by atoms with Crippen LogP contribution in [0.3, 0.4) is 0 Å². The smallest absolute Gasteiger partial charge is 0.264 e. The van der Waals surface area contributed by atoms with Gasteiger partial charge >= 0.3 is 0 Å². The Labute approximate surface area is 195 Å². The summed E-state index contributed by atoms with van der Waals surface area (Å²) in [6.45, 7) is -0.221. The number of rotatable bonds is 9. The number of anilines is 1. The van der Waals surface area contributed by atoms with E-state index in [0.29, 0.717) is 15.8 Å². The molecule has 0 aliphatic carbocycles. The number of benzene rings is 3. The van der Waals surface area contributed by atoms with Crippen molar-refractivity contribution >= 4 is 44.8 Å². The Hall–Kier alpha value is -2.81. The molecule has 6 nitrogen and oxygen atoms in total. The fraction of sp³-hybridized carbons (Fsp3) is 0.136. The predicted molar refractivity (Wildman–Crippen MR) is 122 cm³/mol. The molecule has 0 unspecified atom stereocenters. The van der Waals surface area contributed by atoms with Crippen LogP contribution in [-0.2, 0) is 14.8 Å². The Kier molecular flexibility index (Phi) is 7.95. The van der Waals surface area contributed by atoms with Crippen molar-refractivity contribution in [2.75, 3.05) is 24.0 Å². The Balaban J connectivity index is 1.70. The second-order valence-corrected chi connectivity index (χ2v) is 9.33. The van der Waals surface area contributed by atoms with Crippen LogP contribution < -0.4 is 14.4 Å². The van der Waals surface area contributed by atoms with E-state index in [9.17, 15) is 17.6 Å². The lowest BCUT2D eigenvalue weighted by Gasteiger charge is -2.24. The molecule has 3 aromatic rings. The number of hydrogen-bond donors (Lipinski definition) is 1. The normalized spacial score (nSPS) is 11.1. The largest absolute Gasteiger partial charge is 0.492 e. The van der Waals surface area contributed by atoms with Gasteiger partial charge in [0.15, 0.2) is 0 Å². The quantitative estimate of drug-likeness (QED) is 0.441. The fourth-order valence-electron chi connectivity index (χ4n) is 2.76. The van der Waals surface area contributed by atoms with Gasteiger partial charge in [-0.2, -0.15) is 0 Å². The van der Waals surface area contributed by atoms with Gasteiger partial charge in [0.2, 0.25) is 5.91 Å². The average molecular weight is 497 g/mol. The monoisotopic (exact) mass is 496 g/mol. The average Bonchev–Trinajstić information content (AvgIpc) is 2.76. The fourth-order valence-corrected chi connectivity index (χ4v) is 4.48. The first-order valence-corrected chi connectivity index (χ1v) is 11.6. The highest BCUT2D eigenvalue weighted by Gasteiger charge is 2.27. The number of ether oxygens (including phenoxy) is 1. The Morgan fingerprint density at radius 1 is 0.969 bits per heavy atom. The van der Waals surface area contributed by atoms with Crippen molar-refractivity contribution in [2.24, 2.45) is 0 Å². The SMILES string of the molecule is O=C(CN(c1cccc(Cl)c1)S(=O)(=O)c1ccc(Cl)cc1)NCCOc1ccc(F)cc1. The third kappa shape index (κ3) is 6.35. The minimum atomic E-state index is -4.07. The van der Waals surface area contributed by atoms with Crippen molar-refractivity contribution in [1.82, 2.24) is 5.32 Å². The highest BCUT2D eigenvalue weighted by molar-refractivity contribution is 7.92. The lowest BCUT2D eigenvalue weighted by atomic mass is 10.3. The molecule has 0 saturated carbocycles. The maximum absolute atomic E-state index is 13.2. The van der Waals surface area contributed by atoms with E-state index in [1.165, 1.54) is 54.6 Å². The van der Waals surface area contributed by atoms with E-state index in [1.807, 2.05) is 0 Å². The number of sulfonamides is 1. The second-order valence-electron chi connectivity index (χ2n) is 6.60. The van der Waals surface area contributed by atoms with Crippen LogP contribution in [0.15, 0.2) is 77.7 Å². The minimum absolute atomic E-state index is 0.0191. The van der Waals surface area contributed by atoms with Crippen molar-refractivity contribution < 1.29 is 22.3 Å². The van der Waals surface area contributed by atoms with Gasteiger partial charge in [0, 0.05) is 10.0 Å². The van der Waals surface area contributed by atoms with Crippen LogP contribution in [0.5, 0.6) is 5.75 Å². The number of halogens is 3. The van der Waals surface area contributed by atoms with Crippen molar-refractivity contribution in [3.63, 3.8) is 0 Å². The summed E-state index contributed by atoms with van der Waals surface area (Å²) < 4.78 is 45.8. The molecule has 0 aliphatic heterocycles. The van der Waals surface area contributed by atoms with Gasteiger partial charge in [0.05, 0.1) is 17.1 Å². The van der Waals surface area contributed by atoms with Crippen LogP contribution in [0.1, 0.15) is 0 Å². The third-order valence-electron chi connectivity index (χ3n) is 4.29. The summed E-state index contributed by atoms with van der Waals surface area (Å²) >= 11 is 11.9. The molecule has 0 saturated heterocycles. The van der Waals surface area contributed by atoms with E-state index in [0.717, 1.165) is 4.31 Å². The van der Waals surface area contributed by atoms with Gasteiger partial charge in [-0.15, -0.1) is 0 Å². The first kappa shape index (κ1) is 23.8. The molecule has 0 bridgehead atoms. The molecule has 0 atom stereocenters. The van der Waals surface area contributed by atoms with Gasteiger partial charge in [0.25, 0.3) is 10.0 Å². The first-order chi connectivity index (χ1) is 15.3. The van der Waals surface area contributed by atoms with Crippen molar-refractivity contribution in [2.45, 2.75) is 4.90 Å². The number of carbonyl (C=O) groups is 1. The van der Waals surface area contributed by atoms with Crippen LogP contribution >= 0.6 is 23.2 Å². The van der Waals surface area contributed by atoms with Gasteiger partial charge < -0.3 is 10.1 Å². The highest BCUT2D eigenvalue weighted by Crippen LogP contribution is 2.26. The summed E-state index contributed by atoms with van der Waals surface area (Å²) in [5.74, 6) is -0.467. The molecule has 0 aromatic heterocycles. The minimum Gasteiger partial charge on any atom is -0.492 e. The molecular formula is C22H19Cl2FN2O4S. The van der Waals surface area contributed by atoms with Gasteiger partial charge in [-0.25, -0.2) is 12.8 Å². The molecule has 168 valence electrons. The molecule has 0 spiro atoms. The number of carbonyl (C=O) groups excluding carboxylic acids is 1. The van der Waals surface area contributed by atoms with Crippen molar-refractivity contribution in [3.8, 4) is 5.75 Å². The molecule has 10 heteroatoms. The standard InChI is InChI=1S/C22H19Cl2FN2O4S/c23-16-4-10-21(11-5-16)32(29,30)27(19-3-1-2-17(24)14-19)15-22(28)26-12-13-31-20-8-6-18(25)7-9-20/h1-11,14H,12-13,15H2,(H,26,28). The number of nitrogens with zero attached hydrogens (tertiary/aromatic N) is 1. The van der Waals surface area contributed by atoms with Gasteiger partial charge in [-0.05, 0) is 66.7 Å². The van der Waals surface area contributed by atoms with Gasteiger partial charge in [0.1, 0.15) is 24.7 Å². The molecule has 0 radical (unpaired) electrons. The molecule has 0 fully saturated rings. The van der Waals surface area contributed by atoms with Crippen LogP contribution in [0, 0.1) is 5.82 Å². The van der Waals surface area contributed by atoms with Gasteiger partial charge in [-0.3, -0.25) is 9.10 Å². The maximum Gasteiger partial charge on any atom is 0.264 e. The molecule has 32 heavy (non-hydrogen) atoms. The van der Waals surface area contributed by atoms with E-state index in [4.69, 9.17) is 27.9 Å². The molecule has 1 amide bonds. The number of nitrogens with one attached hydrogen (secondary N) is 1. The second kappa shape index (κ2) is 10.7. The summed E-state index contributed by atoms with van der Waals surface area (Å²) in [5.41, 5.74) is 0.241. The molecular weight excluding hydrogens is 478 g/mol. The topological polar surface area (TPSA) is 75.7 Å². The summed E-state index contributed by atoms with van der Waals surface area (Å²) in [4.78, 5) is 12.5. The predicted octanol–water partition coefficient (Wildman–Crippen LogP) is 4.52. The van der Waals surface area contributed by atoms with Crippen molar-refractivity contribution in [3.05, 3.63) is 88.7 Å². The molecule has 0 aliphatic rings. The van der Waals surface area contributed by atoms with Crippen LogP contribution in [0.4, 0.5) is 10.1 Å². The van der Waals surface area contributed by atoms with E-state index >= 15 is 0 Å². The lowest BCUT2D eigenvalue weighted by Crippen LogP contribution is -2.41. The molecule has 0 heterocycles. The van der Waals surface area contributed by atoms with Crippen LogP contribution in [0.25, 0.3) is 0 Å². The van der Waals surface area contributed by atoms with E-state index < -0.39 is 22.5 Å². The highest BCUT2D eigenvalue weighted by atomic mass is 35.5. The lowest BCUT2D eigenvalue weighted by molar-refractivity contribution is -0.119. The number of amides is 1. The zero-order chi connectivity index (χ0) is 23.1. The Morgan fingerprint density at radius 3 is 2.31 bits per heavy atom. The van der Waals surface area contributed by atoms with Crippen LogP contribution in [0.2, 0.25) is 10.0 Å². The van der Waals surface area contributed by atoms with Crippen molar-refractivity contribution in [1.29, 1.82) is 0 Å². The number of hydrogen-bond acceptors (Lipinski definition) is 4. The molecule has 3 aromatic carbocycles. The summed E-state index contributed by atoms with van der Waals surface area (Å²) in [5, 5.41) is 3.33. The maximum atomic E-state index is 13.2. The molecule has 1 N–H and O–H groups in total. The van der Waals surface area contributed by atoms with Crippen LogP contribution in [-0.4, -0.2) is 34.0 Å². The zero-order valence-electron chi connectivity index (χ0n) is 16.7. The zero-order valence-corrected chi connectivity index (χ0v) is 19.0. The third-order valence-corrected chi connectivity index (χ3v) is 6.57. The summed E-state index contributed by atoms with van der Waals surface area (Å²) in [6, 6.07) is 17.3.